The van der Waals surface area contributed by atoms with Gasteiger partial charge >= 0.3 is 0 Å². The molecule has 2 N–H and O–H groups in total. The highest BCUT2D eigenvalue weighted by molar-refractivity contribution is 6.35. The Morgan fingerprint density at radius 1 is 1.35 bits per heavy atom. The summed E-state index contributed by atoms with van der Waals surface area (Å²) in [6.45, 7) is 0.972. The zero-order valence-corrected chi connectivity index (χ0v) is 11.1. The van der Waals surface area contributed by atoms with Crippen molar-refractivity contribution < 1.29 is 5.11 Å². The predicted octanol–water partition coefficient (Wildman–Crippen LogP) is 3.24. The smallest absolute Gasteiger partial charge is 0.0465 e. The van der Waals surface area contributed by atoms with Crippen molar-refractivity contribution in [2.75, 3.05) is 6.61 Å². The summed E-state index contributed by atoms with van der Waals surface area (Å²) in [4.78, 5) is 0. The second-order valence-electron chi connectivity index (χ2n) is 4.57. The van der Waals surface area contributed by atoms with Crippen LogP contribution >= 0.6 is 23.2 Å². The predicted molar refractivity (Wildman–Crippen MR) is 71.5 cm³/mol. The molecule has 0 heterocycles. The molecule has 1 unspecified atom stereocenters. The minimum atomic E-state index is 0.239. The van der Waals surface area contributed by atoms with Gasteiger partial charge in [0.2, 0.25) is 0 Å². The average molecular weight is 274 g/mol. The molecule has 0 amide bonds. The van der Waals surface area contributed by atoms with Gasteiger partial charge in [0.05, 0.1) is 0 Å². The van der Waals surface area contributed by atoms with Crippen LogP contribution in [-0.2, 0) is 6.54 Å². The van der Waals surface area contributed by atoms with E-state index in [1.165, 1.54) is 12.8 Å². The first kappa shape index (κ1) is 13.2. The summed E-state index contributed by atoms with van der Waals surface area (Å²) >= 11 is 12.0. The van der Waals surface area contributed by atoms with Crippen molar-refractivity contribution in [2.45, 2.75) is 31.8 Å². The molecule has 1 aromatic carbocycles. The lowest BCUT2D eigenvalue weighted by Crippen LogP contribution is -2.31. The lowest BCUT2D eigenvalue weighted by molar-refractivity contribution is 0.256. The molecule has 0 aromatic heterocycles. The van der Waals surface area contributed by atoms with Crippen molar-refractivity contribution in [3.8, 4) is 0 Å². The maximum Gasteiger partial charge on any atom is 0.0465 e. The van der Waals surface area contributed by atoms with Gasteiger partial charge in [-0.05, 0) is 42.9 Å². The SMILES string of the molecule is OCCC(NCc1ccc(Cl)cc1Cl)C1CC1. The van der Waals surface area contributed by atoms with E-state index in [2.05, 4.69) is 5.32 Å². The van der Waals surface area contributed by atoms with Crippen LogP contribution in [0, 0.1) is 5.92 Å². The number of benzene rings is 1. The largest absolute Gasteiger partial charge is 0.396 e. The van der Waals surface area contributed by atoms with Crippen LogP contribution in [0.5, 0.6) is 0 Å². The Morgan fingerprint density at radius 3 is 2.71 bits per heavy atom. The normalized spacial score (nSPS) is 17.1. The van der Waals surface area contributed by atoms with E-state index in [9.17, 15) is 0 Å². The molecule has 1 aliphatic rings. The first-order chi connectivity index (χ1) is 8.20. The topological polar surface area (TPSA) is 32.3 Å². The standard InChI is InChI=1S/C13H17Cl2NO/c14-11-4-3-10(12(15)7-11)8-16-13(5-6-17)9-1-2-9/h3-4,7,9,13,16-17H,1-2,5-6,8H2. The highest BCUT2D eigenvalue weighted by Gasteiger charge is 2.30. The van der Waals surface area contributed by atoms with Gasteiger partial charge in [-0.25, -0.2) is 0 Å². The molecule has 17 heavy (non-hydrogen) atoms. The lowest BCUT2D eigenvalue weighted by atomic mass is 10.1. The minimum Gasteiger partial charge on any atom is -0.396 e. The third kappa shape index (κ3) is 3.85. The molecule has 0 saturated heterocycles. The third-order valence-electron chi connectivity index (χ3n) is 3.20. The fraction of sp³-hybridized carbons (Fsp3) is 0.538. The molecule has 0 spiro atoms. The lowest BCUT2D eigenvalue weighted by Gasteiger charge is -2.17. The number of nitrogens with one attached hydrogen (secondary N) is 1. The van der Waals surface area contributed by atoms with Crippen molar-refractivity contribution in [2.24, 2.45) is 5.92 Å². The quantitative estimate of drug-likeness (QED) is 0.834. The third-order valence-corrected chi connectivity index (χ3v) is 3.79. The number of aliphatic hydroxyl groups excluding tert-OH is 1. The number of hydrogen-bond acceptors (Lipinski definition) is 2. The van der Waals surface area contributed by atoms with Crippen molar-refractivity contribution in [3.63, 3.8) is 0 Å². The van der Waals surface area contributed by atoms with Gasteiger partial charge in [-0.3, -0.25) is 0 Å². The zero-order chi connectivity index (χ0) is 12.3. The first-order valence-corrected chi connectivity index (χ1v) is 6.74. The fourth-order valence-corrected chi connectivity index (χ4v) is 2.52. The molecule has 0 bridgehead atoms. The van der Waals surface area contributed by atoms with Gasteiger partial charge in [-0.2, -0.15) is 0 Å². The molecule has 1 saturated carbocycles. The number of hydrogen-bond donors (Lipinski definition) is 2. The molecule has 1 atom stereocenters. The fourth-order valence-electron chi connectivity index (χ4n) is 2.05. The average Bonchev–Trinajstić information content (AvgIpc) is 3.10. The molecule has 1 fully saturated rings. The highest BCUT2D eigenvalue weighted by Crippen LogP contribution is 2.34. The maximum atomic E-state index is 9.02. The van der Waals surface area contributed by atoms with E-state index >= 15 is 0 Å². The Morgan fingerprint density at radius 2 is 2.12 bits per heavy atom. The maximum absolute atomic E-state index is 9.02. The van der Waals surface area contributed by atoms with Crippen molar-refractivity contribution in [1.29, 1.82) is 0 Å². The molecule has 94 valence electrons. The number of aliphatic hydroxyl groups is 1. The van der Waals surface area contributed by atoms with Gasteiger partial charge in [-0.1, -0.05) is 29.3 Å². The van der Waals surface area contributed by atoms with Gasteiger partial charge in [0.15, 0.2) is 0 Å². The first-order valence-electron chi connectivity index (χ1n) is 5.99. The second-order valence-corrected chi connectivity index (χ2v) is 5.42. The van der Waals surface area contributed by atoms with E-state index in [-0.39, 0.29) is 6.61 Å². The number of rotatable bonds is 6. The molecule has 0 aliphatic heterocycles. The molecule has 2 rings (SSSR count). The molecular formula is C13H17Cl2NO. The summed E-state index contributed by atoms with van der Waals surface area (Å²) in [5.41, 5.74) is 1.06. The summed E-state index contributed by atoms with van der Waals surface area (Å²) in [5.74, 6) is 0.730. The Hall–Kier alpha value is -0.280. The van der Waals surface area contributed by atoms with E-state index in [1.807, 2.05) is 12.1 Å². The van der Waals surface area contributed by atoms with E-state index in [4.69, 9.17) is 28.3 Å². The van der Waals surface area contributed by atoms with E-state index in [0.717, 1.165) is 24.4 Å². The number of halogens is 2. The van der Waals surface area contributed by atoms with Gasteiger partial charge < -0.3 is 10.4 Å². The van der Waals surface area contributed by atoms with Crippen molar-refractivity contribution >= 4 is 23.2 Å². The summed E-state index contributed by atoms with van der Waals surface area (Å²) < 4.78 is 0. The van der Waals surface area contributed by atoms with E-state index in [1.54, 1.807) is 6.07 Å². The van der Waals surface area contributed by atoms with Crippen LogP contribution in [0.2, 0.25) is 10.0 Å². The Balaban J connectivity index is 1.91. The van der Waals surface area contributed by atoms with E-state index < -0.39 is 0 Å². The van der Waals surface area contributed by atoms with Crippen LogP contribution in [0.15, 0.2) is 18.2 Å². The Kier molecular flexibility index (Phi) is 4.69. The van der Waals surface area contributed by atoms with Crippen LogP contribution in [0.1, 0.15) is 24.8 Å². The van der Waals surface area contributed by atoms with Crippen LogP contribution in [0.25, 0.3) is 0 Å². The molecule has 4 heteroatoms. The van der Waals surface area contributed by atoms with Gasteiger partial charge in [-0.15, -0.1) is 0 Å². The van der Waals surface area contributed by atoms with Crippen LogP contribution < -0.4 is 5.32 Å². The molecule has 2 nitrogen and oxygen atoms in total. The van der Waals surface area contributed by atoms with Crippen LogP contribution in [0.4, 0.5) is 0 Å². The molecule has 0 radical (unpaired) electrons. The Labute approximate surface area is 112 Å². The van der Waals surface area contributed by atoms with Crippen molar-refractivity contribution in [1.82, 2.24) is 5.32 Å². The zero-order valence-electron chi connectivity index (χ0n) is 9.63. The van der Waals surface area contributed by atoms with Gasteiger partial charge in [0.25, 0.3) is 0 Å². The van der Waals surface area contributed by atoms with Crippen LogP contribution in [-0.4, -0.2) is 17.8 Å². The van der Waals surface area contributed by atoms with Crippen LogP contribution in [0.3, 0.4) is 0 Å². The van der Waals surface area contributed by atoms with Crippen molar-refractivity contribution in [3.05, 3.63) is 33.8 Å². The monoisotopic (exact) mass is 273 g/mol. The van der Waals surface area contributed by atoms with Gasteiger partial charge in [0, 0.05) is 29.2 Å². The Bertz CT molecular complexity index is 380. The minimum absolute atomic E-state index is 0.239. The summed E-state index contributed by atoms with van der Waals surface area (Å²) in [6, 6.07) is 5.97. The molecule has 1 aromatic rings. The molecule has 1 aliphatic carbocycles. The van der Waals surface area contributed by atoms with Gasteiger partial charge in [0.1, 0.15) is 0 Å². The van der Waals surface area contributed by atoms with E-state index in [0.29, 0.717) is 16.1 Å². The molecular weight excluding hydrogens is 257 g/mol. The second kappa shape index (κ2) is 6.05. The summed E-state index contributed by atoms with van der Waals surface area (Å²) in [5, 5.41) is 13.8. The summed E-state index contributed by atoms with van der Waals surface area (Å²) in [6.07, 6.45) is 3.36. The highest BCUT2D eigenvalue weighted by atomic mass is 35.5. The summed E-state index contributed by atoms with van der Waals surface area (Å²) in [7, 11) is 0.